The number of hydrogen-bond acceptors (Lipinski definition) is 12. The van der Waals surface area contributed by atoms with Gasteiger partial charge in [0.05, 0.1) is 32.2 Å². The molecule has 0 saturated carbocycles. The molecule has 10 nitrogen and oxygen atoms in total. The van der Waals surface area contributed by atoms with E-state index in [0.717, 1.165) is 64.3 Å². The first-order valence-electron chi connectivity index (χ1n) is 15.5. The van der Waals surface area contributed by atoms with Crippen LogP contribution in [0.25, 0.3) is 0 Å². The van der Waals surface area contributed by atoms with Gasteiger partial charge in [0.15, 0.2) is 0 Å². The highest BCUT2D eigenvalue weighted by Gasteiger charge is 2.25. The van der Waals surface area contributed by atoms with E-state index in [0.29, 0.717) is 45.9 Å². The molecule has 4 aromatic heterocycles. The van der Waals surface area contributed by atoms with Crippen molar-refractivity contribution in [1.29, 1.82) is 0 Å². The standard InChI is InChI=1S/C16H22N2O3S3.C12H13NO2S3.C4H9NO/c19-24(20,12-7-17-5-8-21-9-6-17)18(13-15-3-1-10-22-15)14-16-4-2-11-23-16;1-2-18(14,15)13(9-11-5-3-7-16-11)10-12-6-4-8-17-12;1-3-6-4-2-5-1/h1-4,10-11H,5-9,12-14H2;2-8H,1,9-10H2;5H,1-4H2. The third kappa shape index (κ3) is 13.8. The lowest BCUT2D eigenvalue weighted by atomic mass is 10.4. The minimum absolute atomic E-state index is 0.156. The van der Waals surface area contributed by atoms with Crippen LogP contribution in [0.2, 0.25) is 0 Å². The average Bonchev–Trinajstić information content (AvgIpc) is 3.95. The average molecular weight is 773 g/mol. The second kappa shape index (κ2) is 20.8. The number of morpholine rings is 2. The fraction of sp³-hybridized carbons (Fsp3) is 0.438. The van der Waals surface area contributed by atoms with Gasteiger partial charge in [-0.25, -0.2) is 16.8 Å². The Morgan fingerprint density at radius 1 is 0.688 bits per heavy atom. The maximum Gasteiger partial charge on any atom is 0.236 e. The molecule has 2 saturated heterocycles. The van der Waals surface area contributed by atoms with Crippen LogP contribution in [0.3, 0.4) is 0 Å². The van der Waals surface area contributed by atoms with Crippen LogP contribution in [0.1, 0.15) is 19.5 Å². The van der Waals surface area contributed by atoms with Crippen molar-refractivity contribution in [3.8, 4) is 0 Å². The van der Waals surface area contributed by atoms with Gasteiger partial charge < -0.3 is 14.8 Å². The van der Waals surface area contributed by atoms with E-state index in [4.69, 9.17) is 9.47 Å². The second-order valence-electron chi connectivity index (χ2n) is 10.7. The SMILES string of the molecule is C1COCCN1.C=CS(=O)(=O)N(Cc1cccs1)Cc1cccs1.O=S(=O)(CCN1CCOCC1)N(Cc1cccs1)Cc1cccs1. The number of sulfonamides is 2. The van der Waals surface area contributed by atoms with Crippen molar-refractivity contribution in [2.24, 2.45) is 0 Å². The zero-order valence-corrected chi connectivity index (χ0v) is 31.8. The molecule has 0 bridgehead atoms. The Balaban J connectivity index is 0.000000190. The van der Waals surface area contributed by atoms with Crippen LogP contribution in [-0.4, -0.2) is 95.3 Å². The summed E-state index contributed by atoms with van der Waals surface area (Å²) in [5.41, 5.74) is 0. The monoisotopic (exact) mass is 772 g/mol. The molecular weight excluding hydrogens is 729 g/mol. The summed E-state index contributed by atoms with van der Waals surface area (Å²) in [6.07, 6.45) is 0. The zero-order chi connectivity index (χ0) is 34.1. The maximum atomic E-state index is 12.9. The first-order valence-corrected chi connectivity index (χ1v) is 22.2. The number of rotatable bonds is 14. The molecule has 1 N–H and O–H groups in total. The van der Waals surface area contributed by atoms with Crippen molar-refractivity contribution in [2.45, 2.75) is 26.2 Å². The van der Waals surface area contributed by atoms with Gasteiger partial charge in [-0.1, -0.05) is 30.8 Å². The molecule has 48 heavy (non-hydrogen) atoms. The fourth-order valence-corrected chi connectivity index (χ4v) is 10.1. The van der Waals surface area contributed by atoms with Crippen molar-refractivity contribution in [3.05, 3.63) is 102 Å². The Morgan fingerprint density at radius 3 is 1.44 bits per heavy atom. The quantitative estimate of drug-likeness (QED) is 0.183. The van der Waals surface area contributed by atoms with Crippen molar-refractivity contribution in [3.63, 3.8) is 0 Å². The van der Waals surface area contributed by atoms with Crippen LogP contribution >= 0.6 is 45.3 Å². The van der Waals surface area contributed by atoms with Gasteiger partial charge in [0, 0.05) is 83.8 Å². The van der Waals surface area contributed by atoms with Crippen molar-refractivity contribution < 1.29 is 26.3 Å². The number of hydrogen-bond donors (Lipinski definition) is 1. The largest absolute Gasteiger partial charge is 0.379 e. The molecule has 0 atom stereocenters. The van der Waals surface area contributed by atoms with Gasteiger partial charge in [-0.15, -0.1) is 45.3 Å². The molecule has 0 unspecified atom stereocenters. The number of ether oxygens (including phenoxy) is 2. The third-order valence-electron chi connectivity index (χ3n) is 7.23. The Morgan fingerprint density at radius 2 is 1.10 bits per heavy atom. The normalized spacial score (nSPS) is 15.8. The highest BCUT2D eigenvalue weighted by molar-refractivity contribution is 7.92. The molecule has 264 valence electrons. The Labute approximate surface area is 301 Å². The first kappa shape index (κ1) is 39.0. The lowest BCUT2D eigenvalue weighted by Gasteiger charge is -2.28. The Bertz CT molecular complexity index is 1530. The minimum Gasteiger partial charge on any atom is -0.379 e. The minimum atomic E-state index is -3.40. The Kier molecular flexibility index (Phi) is 16.9. The topological polar surface area (TPSA) is 108 Å². The summed E-state index contributed by atoms with van der Waals surface area (Å²) < 4.78 is 63.1. The summed E-state index contributed by atoms with van der Waals surface area (Å²) in [6.45, 7) is 12.5. The molecule has 2 aliphatic rings. The van der Waals surface area contributed by atoms with Gasteiger partial charge in [-0.2, -0.15) is 8.61 Å². The van der Waals surface area contributed by atoms with Gasteiger partial charge >= 0.3 is 0 Å². The van der Waals surface area contributed by atoms with E-state index in [9.17, 15) is 16.8 Å². The molecule has 6 heterocycles. The molecule has 0 amide bonds. The van der Waals surface area contributed by atoms with Crippen LogP contribution in [0.15, 0.2) is 82.0 Å². The van der Waals surface area contributed by atoms with Crippen molar-refractivity contribution in [1.82, 2.24) is 18.8 Å². The van der Waals surface area contributed by atoms with Crippen LogP contribution < -0.4 is 5.32 Å². The number of nitrogens with one attached hydrogen (secondary N) is 1. The molecule has 0 aromatic carbocycles. The second-order valence-corrected chi connectivity index (χ2v) is 18.8. The van der Waals surface area contributed by atoms with E-state index in [-0.39, 0.29) is 5.75 Å². The predicted octanol–water partition coefficient (Wildman–Crippen LogP) is 5.37. The molecular formula is C32H44N4O6S6. The van der Waals surface area contributed by atoms with E-state index in [1.54, 1.807) is 49.7 Å². The lowest BCUT2D eigenvalue weighted by molar-refractivity contribution is 0.0407. The smallest absolute Gasteiger partial charge is 0.236 e. The van der Waals surface area contributed by atoms with Gasteiger partial charge in [0.2, 0.25) is 20.0 Å². The van der Waals surface area contributed by atoms with E-state index < -0.39 is 20.0 Å². The predicted molar refractivity (Wildman–Crippen MR) is 200 cm³/mol. The van der Waals surface area contributed by atoms with Crippen molar-refractivity contribution in [2.75, 3.05) is 64.9 Å². The lowest BCUT2D eigenvalue weighted by Crippen LogP contribution is -2.41. The van der Waals surface area contributed by atoms with Crippen LogP contribution in [0, 0.1) is 0 Å². The summed E-state index contributed by atoms with van der Waals surface area (Å²) in [5.74, 6) is 0.156. The van der Waals surface area contributed by atoms with Gasteiger partial charge in [-0.05, 0) is 45.8 Å². The van der Waals surface area contributed by atoms with Crippen molar-refractivity contribution >= 4 is 65.4 Å². The third-order valence-corrected chi connectivity index (χ3v) is 13.8. The molecule has 4 aromatic rings. The van der Waals surface area contributed by atoms with Gasteiger partial charge in [0.1, 0.15) is 0 Å². The number of nitrogens with zero attached hydrogens (tertiary/aromatic N) is 3. The molecule has 0 spiro atoms. The molecule has 2 aliphatic heterocycles. The fourth-order valence-electron chi connectivity index (χ4n) is 4.61. The molecule has 16 heteroatoms. The maximum absolute atomic E-state index is 12.9. The molecule has 0 aliphatic carbocycles. The molecule has 0 radical (unpaired) electrons. The summed E-state index contributed by atoms with van der Waals surface area (Å²) >= 11 is 6.30. The van der Waals surface area contributed by atoms with E-state index >= 15 is 0 Å². The van der Waals surface area contributed by atoms with Gasteiger partial charge in [0.25, 0.3) is 0 Å². The highest BCUT2D eigenvalue weighted by Crippen LogP contribution is 2.22. The summed E-state index contributed by atoms with van der Waals surface area (Å²) in [6, 6.07) is 15.6. The number of thiophene rings is 4. The van der Waals surface area contributed by atoms with Crippen LogP contribution in [-0.2, 0) is 55.7 Å². The highest BCUT2D eigenvalue weighted by atomic mass is 32.2. The summed E-state index contributed by atoms with van der Waals surface area (Å²) in [5, 5.41) is 12.0. The van der Waals surface area contributed by atoms with Crippen LogP contribution in [0.4, 0.5) is 0 Å². The Hall–Kier alpha value is -1.80. The first-order chi connectivity index (χ1) is 23.2. The zero-order valence-electron chi connectivity index (χ0n) is 26.9. The van der Waals surface area contributed by atoms with E-state index in [1.807, 2.05) is 70.1 Å². The molecule has 2 fully saturated rings. The van der Waals surface area contributed by atoms with Gasteiger partial charge in [-0.3, -0.25) is 4.90 Å². The molecule has 6 rings (SSSR count). The van der Waals surface area contributed by atoms with E-state index in [1.165, 1.54) is 4.31 Å². The summed E-state index contributed by atoms with van der Waals surface area (Å²) in [7, 11) is -6.71. The van der Waals surface area contributed by atoms with Crippen LogP contribution in [0.5, 0.6) is 0 Å². The summed E-state index contributed by atoms with van der Waals surface area (Å²) in [4.78, 5) is 6.35. The van der Waals surface area contributed by atoms with E-state index in [2.05, 4.69) is 16.8 Å².